The van der Waals surface area contributed by atoms with Crippen LogP contribution in [0.2, 0.25) is 0 Å². The van der Waals surface area contributed by atoms with E-state index in [9.17, 15) is 8.42 Å². The second-order valence-corrected chi connectivity index (χ2v) is 14.0. The highest BCUT2D eigenvalue weighted by Crippen LogP contribution is 2.34. The number of nitrogens with zero attached hydrogens (tertiary/aromatic N) is 5. The summed E-state index contributed by atoms with van der Waals surface area (Å²) in [7, 11) is -1.95. The van der Waals surface area contributed by atoms with Crippen LogP contribution in [-0.4, -0.2) is 39.3 Å². The quantitative estimate of drug-likeness (QED) is 0.157. The maximum Gasteiger partial charge on any atom is 0.263 e. The Balaban J connectivity index is 1.28. The fourth-order valence-electron chi connectivity index (χ4n) is 6.38. The SMILES string of the molecule is CCOCc1cc(Cn2c(C)nc3c(C)cc(-c4nc5ccccc5n4C)cc32)ccc1-c1ccccc1S(=O)(=O)Nc1noc(C)c1C. The molecule has 3 heterocycles. The number of imidazole rings is 2. The summed E-state index contributed by atoms with van der Waals surface area (Å²) in [5.74, 6) is 2.53. The van der Waals surface area contributed by atoms with Crippen molar-refractivity contribution in [2.45, 2.75) is 52.7 Å². The molecule has 0 saturated heterocycles. The molecule has 0 spiro atoms. The van der Waals surface area contributed by atoms with E-state index in [0.29, 0.717) is 36.6 Å². The van der Waals surface area contributed by atoms with Crippen molar-refractivity contribution >= 4 is 37.9 Å². The van der Waals surface area contributed by atoms with Gasteiger partial charge in [-0.3, -0.25) is 4.72 Å². The molecule has 4 aromatic carbocycles. The monoisotopic (exact) mass is 674 g/mol. The van der Waals surface area contributed by atoms with Gasteiger partial charge in [0.1, 0.15) is 17.4 Å². The van der Waals surface area contributed by atoms with Gasteiger partial charge in [-0.15, -0.1) is 0 Å². The maximum atomic E-state index is 13.7. The molecule has 0 atom stereocenters. The molecule has 0 radical (unpaired) electrons. The van der Waals surface area contributed by atoms with Gasteiger partial charge in [0, 0.05) is 36.9 Å². The van der Waals surface area contributed by atoms with E-state index in [2.05, 4.69) is 50.2 Å². The third kappa shape index (κ3) is 5.89. The standard InChI is InChI=1S/C38H38N6O4S/c1-7-47-22-29-19-27(16-17-30(29)31-12-8-11-15-35(31)49(45,46)42-37-24(3)25(4)48-41-37)21-44-26(5)39-36-23(2)18-28(20-34(36)44)38-40-32-13-9-10-14-33(32)43(38)6/h8-20H,7,21-22H2,1-6H3,(H,41,42). The van der Waals surface area contributed by atoms with Gasteiger partial charge in [0.2, 0.25) is 0 Å². The highest BCUT2D eigenvalue weighted by molar-refractivity contribution is 7.92. The van der Waals surface area contributed by atoms with Crippen LogP contribution in [0, 0.1) is 27.7 Å². The van der Waals surface area contributed by atoms with Gasteiger partial charge in [0.15, 0.2) is 5.82 Å². The molecule has 250 valence electrons. The van der Waals surface area contributed by atoms with Crippen molar-refractivity contribution in [3.8, 4) is 22.5 Å². The number of fused-ring (bicyclic) bond motifs is 2. The Morgan fingerprint density at radius 3 is 2.41 bits per heavy atom. The first kappa shape index (κ1) is 32.3. The number of aryl methyl sites for hydroxylation is 4. The molecule has 1 N–H and O–H groups in total. The molecule has 11 heteroatoms. The number of nitrogens with one attached hydrogen (secondary N) is 1. The van der Waals surface area contributed by atoms with Gasteiger partial charge < -0.3 is 18.4 Å². The molecule has 0 bridgehead atoms. The number of hydrogen-bond acceptors (Lipinski definition) is 7. The van der Waals surface area contributed by atoms with Gasteiger partial charge in [-0.05, 0) is 87.2 Å². The third-order valence-electron chi connectivity index (χ3n) is 9.11. The van der Waals surface area contributed by atoms with Crippen molar-refractivity contribution < 1.29 is 17.7 Å². The van der Waals surface area contributed by atoms with Crippen LogP contribution in [0.4, 0.5) is 5.82 Å². The van der Waals surface area contributed by atoms with Gasteiger partial charge in [0.05, 0.1) is 33.6 Å². The molecule has 0 aliphatic heterocycles. The number of benzene rings is 4. The van der Waals surface area contributed by atoms with E-state index >= 15 is 0 Å². The number of para-hydroxylation sites is 2. The van der Waals surface area contributed by atoms with Crippen LogP contribution in [0.1, 0.15) is 40.8 Å². The number of sulfonamides is 1. The van der Waals surface area contributed by atoms with Crippen LogP contribution >= 0.6 is 0 Å². The maximum absolute atomic E-state index is 13.7. The molecule has 0 amide bonds. The van der Waals surface area contributed by atoms with Crippen molar-refractivity contribution in [3.63, 3.8) is 0 Å². The number of rotatable bonds is 10. The Hall–Kier alpha value is -5.26. The van der Waals surface area contributed by atoms with E-state index in [1.807, 2.05) is 63.4 Å². The molecule has 3 aromatic heterocycles. The number of hydrogen-bond donors (Lipinski definition) is 1. The topological polar surface area (TPSA) is 117 Å². The van der Waals surface area contributed by atoms with Crippen LogP contribution in [0.3, 0.4) is 0 Å². The molecule has 49 heavy (non-hydrogen) atoms. The largest absolute Gasteiger partial charge is 0.377 e. The lowest BCUT2D eigenvalue weighted by molar-refractivity contribution is 0.134. The Labute approximate surface area is 285 Å². The molecule has 0 aliphatic rings. The van der Waals surface area contributed by atoms with E-state index in [-0.39, 0.29) is 10.7 Å². The molecule has 0 unspecified atom stereocenters. The lowest BCUT2D eigenvalue weighted by Gasteiger charge is -2.17. The van der Waals surface area contributed by atoms with Crippen molar-refractivity contribution in [2.75, 3.05) is 11.3 Å². The summed E-state index contributed by atoms with van der Waals surface area (Å²) in [5, 5.41) is 3.91. The van der Waals surface area contributed by atoms with Gasteiger partial charge in [-0.25, -0.2) is 18.4 Å². The fourth-order valence-corrected chi connectivity index (χ4v) is 7.66. The minimum absolute atomic E-state index is 0.141. The fraction of sp³-hybridized carbons (Fsp3) is 0.237. The minimum Gasteiger partial charge on any atom is -0.377 e. The van der Waals surface area contributed by atoms with Crippen LogP contribution < -0.4 is 4.72 Å². The second kappa shape index (κ2) is 12.6. The van der Waals surface area contributed by atoms with Gasteiger partial charge in [-0.2, -0.15) is 0 Å². The van der Waals surface area contributed by atoms with E-state index in [1.165, 1.54) is 0 Å². The Kier molecular flexibility index (Phi) is 8.33. The highest BCUT2D eigenvalue weighted by atomic mass is 32.2. The molecule has 0 aliphatic carbocycles. The first-order valence-electron chi connectivity index (χ1n) is 16.2. The summed E-state index contributed by atoms with van der Waals surface area (Å²) in [6.07, 6.45) is 0. The van der Waals surface area contributed by atoms with Gasteiger partial charge in [0.25, 0.3) is 10.0 Å². The zero-order valence-corrected chi connectivity index (χ0v) is 29.2. The van der Waals surface area contributed by atoms with E-state index in [0.717, 1.165) is 61.5 Å². The Morgan fingerprint density at radius 1 is 0.878 bits per heavy atom. The number of anilines is 1. The summed E-state index contributed by atoms with van der Waals surface area (Å²) < 4.78 is 45.5. The zero-order chi connectivity index (χ0) is 34.4. The average Bonchev–Trinajstić information content (AvgIpc) is 3.72. The summed E-state index contributed by atoms with van der Waals surface area (Å²) in [4.78, 5) is 10.0. The Bertz CT molecular complexity index is 2470. The zero-order valence-electron chi connectivity index (χ0n) is 28.4. The predicted octanol–water partition coefficient (Wildman–Crippen LogP) is 7.86. The van der Waals surface area contributed by atoms with Crippen molar-refractivity contribution in [1.29, 1.82) is 0 Å². The first-order valence-corrected chi connectivity index (χ1v) is 17.7. The van der Waals surface area contributed by atoms with Gasteiger partial charge >= 0.3 is 0 Å². The molecule has 0 fully saturated rings. The minimum atomic E-state index is -4.00. The van der Waals surface area contributed by atoms with E-state index < -0.39 is 10.0 Å². The van der Waals surface area contributed by atoms with Crippen LogP contribution in [0.15, 0.2) is 88.3 Å². The van der Waals surface area contributed by atoms with E-state index in [1.54, 1.807) is 26.0 Å². The highest BCUT2D eigenvalue weighted by Gasteiger charge is 2.24. The third-order valence-corrected chi connectivity index (χ3v) is 10.5. The normalized spacial score (nSPS) is 12.0. The average molecular weight is 675 g/mol. The second-order valence-electron chi connectivity index (χ2n) is 12.3. The van der Waals surface area contributed by atoms with Crippen molar-refractivity contribution in [1.82, 2.24) is 24.3 Å². The van der Waals surface area contributed by atoms with Crippen molar-refractivity contribution in [2.24, 2.45) is 7.05 Å². The van der Waals surface area contributed by atoms with Crippen LogP contribution in [0.25, 0.3) is 44.6 Å². The Morgan fingerprint density at radius 2 is 1.65 bits per heavy atom. The lowest BCUT2D eigenvalue weighted by Crippen LogP contribution is -2.15. The van der Waals surface area contributed by atoms with Crippen LogP contribution in [0.5, 0.6) is 0 Å². The summed E-state index contributed by atoms with van der Waals surface area (Å²) in [5.41, 5.74) is 10.0. The smallest absolute Gasteiger partial charge is 0.263 e. The number of aromatic nitrogens is 5. The molecule has 10 nitrogen and oxygen atoms in total. The molecule has 0 saturated carbocycles. The molecule has 7 aromatic rings. The summed E-state index contributed by atoms with van der Waals surface area (Å²) >= 11 is 0. The van der Waals surface area contributed by atoms with Crippen molar-refractivity contribution in [3.05, 3.63) is 113 Å². The molecular weight excluding hydrogens is 637 g/mol. The first-order chi connectivity index (χ1) is 23.6. The number of ether oxygens (including phenoxy) is 1. The van der Waals surface area contributed by atoms with Crippen LogP contribution in [-0.2, 0) is 35.0 Å². The summed E-state index contributed by atoms with van der Waals surface area (Å²) in [6.45, 7) is 11.0. The molecular formula is C38H38N6O4S. The van der Waals surface area contributed by atoms with E-state index in [4.69, 9.17) is 19.2 Å². The van der Waals surface area contributed by atoms with Gasteiger partial charge in [-0.1, -0.05) is 53.7 Å². The lowest BCUT2D eigenvalue weighted by atomic mass is 9.97. The molecule has 7 rings (SSSR count). The predicted molar refractivity (Wildman–Crippen MR) is 192 cm³/mol. The summed E-state index contributed by atoms with van der Waals surface area (Å²) in [6, 6.07) is 25.6.